The highest BCUT2D eigenvalue weighted by Gasteiger charge is 2.12. The van der Waals surface area contributed by atoms with Crippen LogP contribution in [0.5, 0.6) is 0 Å². The van der Waals surface area contributed by atoms with Gasteiger partial charge in [-0.1, -0.05) is 54.2 Å². The Hall–Kier alpha value is -3.33. The fourth-order valence-corrected chi connectivity index (χ4v) is 3.75. The lowest BCUT2D eigenvalue weighted by Gasteiger charge is -2.11. The monoisotopic (exact) mass is 452 g/mol. The summed E-state index contributed by atoms with van der Waals surface area (Å²) in [6.45, 7) is 6.79. The van der Waals surface area contributed by atoms with Crippen molar-refractivity contribution < 1.29 is 9.59 Å². The Morgan fingerprint density at radius 2 is 1.72 bits per heavy atom. The smallest absolute Gasteiger partial charge is 0.319 e. The minimum atomic E-state index is -0.242. The number of nitrogens with one attached hydrogen (secondary N) is 3. The molecule has 3 N–H and O–H groups in total. The van der Waals surface area contributed by atoms with Crippen LogP contribution in [0.3, 0.4) is 0 Å². The summed E-state index contributed by atoms with van der Waals surface area (Å²) in [4.78, 5) is 24.1. The highest BCUT2D eigenvalue weighted by atomic mass is 32.2. The van der Waals surface area contributed by atoms with Gasteiger partial charge in [0.05, 0.1) is 12.3 Å². The van der Waals surface area contributed by atoms with E-state index >= 15 is 0 Å². The summed E-state index contributed by atoms with van der Waals surface area (Å²) < 4.78 is 2.01. The van der Waals surface area contributed by atoms with E-state index < -0.39 is 0 Å². The molecule has 3 aromatic rings. The van der Waals surface area contributed by atoms with Crippen LogP contribution in [0.15, 0.2) is 59.8 Å². The minimum absolute atomic E-state index is 0.0680. The molecule has 0 aliphatic carbocycles. The number of benzene rings is 2. The second-order valence-electron chi connectivity index (χ2n) is 7.62. The van der Waals surface area contributed by atoms with Crippen molar-refractivity contribution in [3.8, 4) is 0 Å². The lowest BCUT2D eigenvalue weighted by Crippen LogP contribution is -2.34. The molecule has 0 saturated carbocycles. The molecular formula is C23H28N6O2S. The maximum Gasteiger partial charge on any atom is 0.319 e. The van der Waals surface area contributed by atoms with E-state index in [0.717, 1.165) is 22.1 Å². The van der Waals surface area contributed by atoms with Crippen molar-refractivity contribution in [2.75, 3.05) is 11.1 Å². The van der Waals surface area contributed by atoms with Crippen molar-refractivity contribution in [3.05, 3.63) is 71.5 Å². The molecule has 0 aliphatic heterocycles. The molecule has 0 saturated heterocycles. The zero-order chi connectivity index (χ0) is 22.9. The first-order valence-corrected chi connectivity index (χ1v) is 11.4. The quantitative estimate of drug-likeness (QED) is 0.431. The van der Waals surface area contributed by atoms with Crippen molar-refractivity contribution in [3.63, 3.8) is 0 Å². The van der Waals surface area contributed by atoms with Crippen molar-refractivity contribution in [1.82, 2.24) is 25.4 Å². The predicted molar refractivity (Wildman–Crippen MR) is 127 cm³/mol. The van der Waals surface area contributed by atoms with Gasteiger partial charge < -0.3 is 20.5 Å². The molecule has 0 atom stereocenters. The molecule has 0 aliphatic rings. The molecule has 3 amide bonds. The molecule has 0 spiro atoms. The lowest BCUT2D eigenvalue weighted by atomic mass is 10.2. The van der Waals surface area contributed by atoms with Gasteiger partial charge >= 0.3 is 6.03 Å². The fraction of sp³-hybridized carbons (Fsp3) is 0.304. The number of carbonyl (C=O) groups is 2. The largest absolute Gasteiger partial charge is 0.351 e. The third-order valence-electron chi connectivity index (χ3n) is 4.54. The van der Waals surface area contributed by atoms with Crippen LogP contribution in [0.25, 0.3) is 0 Å². The number of rotatable bonds is 9. The number of hydrogen-bond donors (Lipinski definition) is 3. The van der Waals surface area contributed by atoms with Crippen molar-refractivity contribution in [2.24, 2.45) is 0 Å². The van der Waals surface area contributed by atoms with Crippen LogP contribution < -0.4 is 16.0 Å². The average Bonchev–Trinajstić information content (AvgIpc) is 3.11. The first-order chi connectivity index (χ1) is 15.4. The van der Waals surface area contributed by atoms with Gasteiger partial charge in [0.25, 0.3) is 0 Å². The molecule has 8 nitrogen and oxygen atoms in total. The van der Waals surface area contributed by atoms with E-state index in [1.54, 1.807) is 0 Å². The van der Waals surface area contributed by atoms with E-state index in [-0.39, 0.29) is 23.7 Å². The van der Waals surface area contributed by atoms with Crippen LogP contribution in [0.1, 0.15) is 30.8 Å². The number of urea groups is 1. The van der Waals surface area contributed by atoms with Gasteiger partial charge in [0, 0.05) is 18.3 Å². The summed E-state index contributed by atoms with van der Waals surface area (Å²) in [5.74, 6) is 0.982. The predicted octanol–water partition coefficient (Wildman–Crippen LogP) is 3.57. The Labute approximate surface area is 192 Å². The topological polar surface area (TPSA) is 101 Å². The van der Waals surface area contributed by atoms with E-state index in [4.69, 9.17) is 0 Å². The molecule has 0 unspecified atom stereocenters. The van der Waals surface area contributed by atoms with Gasteiger partial charge in [-0.2, -0.15) is 0 Å². The maximum absolute atomic E-state index is 12.3. The number of nitrogens with zero attached hydrogens (tertiary/aromatic N) is 3. The summed E-state index contributed by atoms with van der Waals surface area (Å²) in [5.41, 5.74) is 2.80. The Bertz CT molecular complexity index is 1030. The minimum Gasteiger partial charge on any atom is -0.351 e. The summed E-state index contributed by atoms with van der Waals surface area (Å²) in [6.07, 6.45) is 0. The zero-order valence-corrected chi connectivity index (χ0v) is 19.3. The lowest BCUT2D eigenvalue weighted by molar-refractivity contribution is -0.118. The number of amides is 3. The maximum atomic E-state index is 12.3. The van der Waals surface area contributed by atoms with Crippen LogP contribution in [-0.2, 0) is 17.9 Å². The molecule has 1 aromatic heterocycles. The second kappa shape index (κ2) is 11.3. The molecule has 2 aromatic carbocycles. The summed E-state index contributed by atoms with van der Waals surface area (Å²) >= 11 is 1.37. The normalized spacial score (nSPS) is 10.8. The van der Waals surface area contributed by atoms with Gasteiger partial charge in [-0.05, 0) is 44.0 Å². The highest BCUT2D eigenvalue weighted by Crippen LogP contribution is 2.18. The molecule has 0 bridgehead atoms. The third-order valence-corrected chi connectivity index (χ3v) is 5.51. The van der Waals surface area contributed by atoms with Crippen molar-refractivity contribution in [2.45, 2.75) is 45.1 Å². The fourth-order valence-electron chi connectivity index (χ4n) is 2.93. The third kappa shape index (κ3) is 7.12. The van der Waals surface area contributed by atoms with E-state index in [2.05, 4.69) is 38.3 Å². The summed E-state index contributed by atoms with van der Waals surface area (Å²) in [5, 5.41) is 17.5. The first-order valence-electron chi connectivity index (χ1n) is 10.4. The SMILES string of the molecule is Cc1nnc(SCC(=O)NCc2ccc(NC(=O)NC(C)C)cc2)n1Cc1ccccc1. The molecule has 0 radical (unpaired) electrons. The first kappa shape index (κ1) is 23.3. The molecule has 168 valence electrons. The van der Waals surface area contributed by atoms with Crippen molar-refractivity contribution in [1.29, 1.82) is 0 Å². The molecule has 0 fully saturated rings. The number of thioether (sulfide) groups is 1. The zero-order valence-electron chi connectivity index (χ0n) is 18.5. The van der Waals surface area contributed by atoms with Gasteiger partial charge in [-0.3, -0.25) is 4.79 Å². The molecule has 1 heterocycles. The molecular weight excluding hydrogens is 424 g/mol. The van der Waals surface area contributed by atoms with E-state index in [1.165, 1.54) is 11.8 Å². The van der Waals surface area contributed by atoms with E-state index in [0.29, 0.717) is 18.8 Å². The van der Waals surface area contributed by atoms with Crippen LogP contribution in [0.2, 0.25) is 0 Å². The van der Waals surface area contributed by atoms with Crippen molar-refractivity contribution >= 4 is 29.4 Å². The summed E-state index contributed by atoms with van der Waals surface area (Å²) in [7, 11) is 0. The van der Waals surface area contributed by atoms with Gasteiger partial charge in [0.2, 0.25) is 5.91 Å². The molecule has 9 heteroatoms. The van der Waals surface area contributed by atoms with E-state index in [9.17, 15) is 9.59 Å². The van der Waals surface area contributed by atoms with Crippen LogP contribution >= 0.6 is 11.8 Å². The van der Waals surface area contributed by atoms with Gasteiger partial charge in [0.15, 0.2) is 5.16 Å². The Kier molecular flexibility index (Phi) is 8.27. The Morgan fingerprint density at radius 3 is 2.41 bits per heavy atom. The Morgan fingerprint density at radius 1 is 1.00 bits per heavy atom. The molecule has 3 rings (SSSR count). The van der Waals surface area contributed by atoms with E-state index in [1.807, 2.05) is 67.8 Å². The van der Waals surface area contributed by atoms with Gasteiger partial charge in [0.1, 0.15) is 5.82 Å². The standard InChI is InChI=1S/C23H28N6O2S/c1-16(2)25-22(31)26-20-11-9-18(10-12-20)13-24-21(30)15-32-23-28-27-17(3)29(23)14-19-7-5-4-6-8-19/h4-12,16H,13-15H2,1-3H3,(H,24,30)(H2,25,26,31). The highest BCUT2D eigenvalue weighted by molar-refractivity contribution is 7.99. The Balaban J connectivity index is 1.46. The van der Waals surface area contributed by atoms with Crippen LogP contribution in [0, 0.1) is 6.92 Å². The number of aromatic nitrogens is 3. The van der Waals surface area contributed by atoms with Crippen LogP contribution in [0.4, 0.5) is 10.5 Å². The summed E-state index contributed by atoms with van der Waals surface area (Å²) in [6, 6.07) is 17.3. The van der Waals surface area contributed by atoms with Gasteiger partial charge in [-0.15, -0.1) is 10.2 Å². The van der Waals surface area contributed by atoms with Crippen LogP contribution in [-0.4, -0.2) is 38.5 Å². The molecule has 32 heavy (non-hydrogen) atoms. The number of aryl methyl sites for hydroxylation is 1. The average molecular weight is 453 g/mol. The number of carbonyl (C=O) groups excluding carboxylic acids is 2. The number of anilines is 1. The van der Waals surface area contributed by atoms with Gasteiger partial charge in [-0.25, -0.2) is 4.79 Å². The second-order valence-corrected chi connectivity index (χ2v) is 8.56. The number of hydrogen-bond acceptors (Lipinski definition) is 5.